The van der Waals surface area contributed by atoms with Gasteiger partial charge in [-0.25, -0.2) is 4.39 Å². The largest absolute Gasteiger partial charge is 0.319 e. The highest BCUT2D eigenvalue weighted by atomic mass is 35.6. The number of anilines is 1. The smallest absolute Gasteiger partial charge is 0.276 e. The molecule has 1 heterocycles. The molecule has 0 aliphatic heterocycles. The van der Waals surface area contributed by atoms with Crippen LogP contribution in [0.3, 0.4) is 0 Å². The average molecular weight is 322 g/mol. The Balaban J connectivity index is 2.55. The van der Waals surface area contributed by atoms with Crippen LogP contribution in [0.2, 0.25) is 0 Å². The maximum absolute atomic E-state index is 13.8. The van der Waals surface area contributed by atoms with E-state index in [-0.39, 0.29) is 5.69 Å². The summed E-state index contributed by atoms with van der Waals surface area (Å²) in [5.41, 5.74) is 0.654. The van der Waals surface area contributed by atoms with Crippen molar-refractivity contribution < 1.29 is 9.18 Å². The number of fused-ring (bicyclic) bond motifs is 1. The number of rotatable bonds is 1. The lowest BCUT2D eigenvalue weighted by Gasteiger charge is -2.14. The number of amides is 1. The van der Waals surface area contributed by atoms with E-state index in [4.69, 9.17) is 34.8 Å². The molecule has 0 fully saturated rings. The zero-order valence-electron chi connectivity index (χ0n) is 9.68. The molecule has 0 saturated heterocycles. The van der Waals surface area contributed by atoms with Crippen LogP contribution in [0.4, 0.5) is 10.1 Å². The summed E-state index contributed by atoms with van der Waals surface area (Å²) in [6, 6.07) is 4.42. The third-order valence-electron chi connectivity index (χ3n) is 2.48. The Kier molecular flexibility index (Phi) is 3.85. The Morgan fingerprint density at radius 1 is 1.37 bits per heavy atom. The number of nitrogens with zero attached hydrogens (tertiary/aromatic N) is 1. The van der Waals surface area contributed by atoms with Crippen molar-refractivity contribution in [3.05, 3.63) is 35.9 Å². The van der Waals surface area contributed by atoms with Crippen LogP contribution < -0.4 is 5.32 Å². The molecule has 2 aromatic rings. The summed E-state index contributed by atoms with van der Waals surface area (Å²) < 4.78 is 11.7. The lowest BCUT2D eigenvalue weighted by Crippen LogP contribution is -2.27. The van der Waals surface area contributed by atoms with Crippen LogP contribution >= 0.6 is 34.8 Å². The fourth-order valence-electron chi connectivity index (χ4n) is 1.61. The third kappa shape index (κ3) is 3.08. The van der Waals surface area contributed by atoms with Gasteiger partial charge in [-0.15, -0.1) is 0 Å². The highest BCUT2D eigenvalue weighted by Gasteiger charge is 2.31. The lowest BCUT2D eigenvalue weighted by molar-refractivity contribution is -0.115. The van der Waals surface area contributed by atoms with E-state index in [1.165, 1.54) is 6.07 Å². The van der Waals surface area contributed by atoms with E-state index in [0.29, 0.717) is 16.5 Å². The molecule has 19 heavy (non-hydrogen) atoms. The SMILES string of the molecule is Cc1cc2c(NC(=O)C(Cl)(Cl)Cl)c(F)ccc2cn1. The number of carbonyl (C=O) groups is 1. The molecular formula is C12H8Cl3FN2O. The lowest BCUT2D eigenvalue weighted by atomic mass is 10.1. The normalized spacial score (nSPS) is 11.6. The molecule has 0 spiro atoms. The first-order valence-electron chi connectivity index (χ1n) is 5.22. The second-order valence-corrected chi connectivity index (χ2v) is 6.20. The van der Waals surface area contributed by atoms with Gasteiger partial charge in [0, 0.05) is 22.7 Å². The molecule has 1 amide bonds. The summed E-state index contributed by atoms with van der Waals surface area (Å²) in [4.78, 5) is 15.7. The predicted octanol–water partition coefficient (Wildman–Crippen LogP) is 3.99. The van der Waals surface area contributed by atoms with Crippen molar-refractivity contribution in [3.63, 3.8) is 0 Å². The number of carbonyl (C=O) groups excluding carboxylic acids is 1. The topological polar surface area (TPSA) is 42.0 Å². The van der Waals surface area contributed by atoms with Gasteiger partial charge in [0.25, 0.3) is 9.70 Å². The van der Waals surface area contributed by atoms with Gasteiger partial charge in [0.2, 0.25) is 0 Å². The molecule has 100 valence electrons. The van der Waals surface area contributed by atoms with E-state index in [2.05, 4.69) is 10.3 Å². The molecular weight excluding hydrogens is 314 g/mol. The number of aromatic nitrogens is 1. The summed E-state index contributed by atoms with van der Waals surface area (Å²) in [7, 11) is 0. The van der Waals surface area contributed by atoms with Gasteiger partial charge in [0.15, 0.2) is 0 Å². The fraction of sp³-hybridized carbons (Fsp3) is 0.167. The Morgan fingerprint density at radius 2 is 2.05 bits per heavy atom. The van der Waals surface area contributed by atoms with Gasteiger partial charge in [-0.3, -0.25) is 9.78 Å². The maximum atomic E-state index is 13.8. The second-order valence-electron chi connectivity index (χ2n) is 3.92. The van der Waals surface area contributed by atoms with Gasteiger partial charge in [0.1, 0.15) is 5.82 Å². The number of hydrogen-bond donors (Lipinski definition) is 1. The van der Waals surface area contributed by atoms with Crippen molar-refractivity contribution >= 4 is 57.2 Å². The van der Waals surface area contributed by atoms with Crippen molar-refractivity contribution in [2.24, 2.45) is 0 Å². The van der Waals surface area contributed by atoms with Crippen molar-refractivity contribution in [2.45, 2.75) is 10.7 Å². The number of aryl methyl sites for hydroxylation is 1. The molecule has 0 saturated carbocycles. The average Bonchev–Trinajstić information content (AvgIpc) is 2.31. The van der Waals surface area contributed by atoms with E-state index >= 15 is 0 Å². The molecule has 0 radical (unpaired) electrons. The van der Waals surface area contributed by atoms with Crippen molar-refractivity contribution in [3.8, 4) is 0 Å². The van der Waals surface area contributed by atoms with Crippen LogP contribution in [-0.2, 0) is 4.79 Å². The van der Waals surface area contributed by atoms with Gasteiger partial charge >= 0.3 is 0 Å². The number of halogens is 4. The summed E-state index contributed by atoms with van der Waals surface area (Å²) in [5.74, 6) is -1.53. The first kappa shape index (κ1) is 14.3. The second kappa shape index (κ2) is 5.12. The van der Waals surface area contributed by atoms with Crippen LogP contribution in [0.25, 0.3) is 10.8 Å². The first-order chi connectivity index (χ1) is 8.79. The number of benzene rings is 1. The maximum Gasteiger partial charge on any atom is 0.276 e. The summed E-state index contributed by atoms with van der Waals surface area (Å²) in [6.07, 6.45) is 1.58. The molecule has 3 nitrogen and oxygen atoms in total. The van der Waals surface area contributed by atoms with Gasteiger partial charge in [-0.1, -0.05) is 34.8 Å². The van der Waals surface area contributed by atoms with Gasteiger partial charge < -0.3 is 5.32 Å². The third-order valence-corrected chi connectivity index (χ3v) is 3.00. The minimum Gasteiger partial charge on any atom is -0.319 e. The number of hydrogen-bond acceptors (Lipinski definition) is 2. The highest BCUT2D eigenvalue weighted by Crippen LogP contribution is 2.31. The Bertz CT molecular complexity index is 650. The summed E-state index contributed by atoms with van der Waals surface area (Å²) in [6.45, 7) is 1.75. The number of nitrogens with one attached hydrogen (secondary N) is 1. The van der Waals surface area contributed by atoms with Crippen LogP contribution in [0.15, 0.2) is 24.4 Å². The quantitative estimate of drug-likeness (QED) is 0.807. The van der Waals surface area contributed by atoms with E-state index in [0.717, 1.165) is 0 Å². The molecule has 1 N–H and O–H groups in total. The van der Waals surface area contributed by atoms with Gasteiger partial charge in [0.05, 0.1) is 5.69 Å². The van der Waals surface area contributed by atoms with Gasteiger partial charge in [-0.2, -0.15) is 0 Å². The molecule has 7 heteroatoms. The highest BCUT2D eigenvalue weighted by molar-refractivity contribution is 6.76. The van der Waals surface area contributed by atoms with E-state index < -0.39 is 15.5 Å². The molecule has 1 aromatic carbocycles. The molecule has 0 unspecified atom stereocenters. The van der Waals surface area contributed by atoms with Gasteiger partial charge in [-0.05, 0) is 25.1 Å². The minimum absolute atomic E-state index is 0.0284. The van der Waals surface area contributed by atoms with E-state index in [1.807, 2.05) is 0 Å². The fourth-order valence-corrected chi connectivity index (χ4v) is 1.75. The van der Waals surface area contributed by atoms with Crippen molar-refractivity contribution in [1.29, 1.82) is 0 Å². The summed E-state index contributed by atoms with van der Waals surface area (Å²) in [5, 5.41) is 3.45. The first-order valence-corrected chi connectivity index (χ1v) is 6.35. The Hall–Kier alpha value is -1.10. The standard InChI is InChI=1S/C12H8Cl3FN2O/c1-6-4-8-7(5-17-6)2-3-9(16)10(8)18-11(19)12(13,14)15/h2-5H,1H3,(H,18,19). The molecule has 0 aliphatic rings. The van der Waals surface area contributed by atoms with Crippen molar-refractivity contribution in [2.75, 3.05) is 5.32 Å². The molecule has 0 atom stereocenters. The number of alkyl halides is 3. The Morgan fingerprint density at radius 3 is 2.68 bits per heavy atom. The number of pyridine rings is 1. The molecule has 1 aromatic heterocycles. The van der Waals surface area contributed by atoms with Crippen LogP contribution in [-0.4, -0.2) is 14.7 Å². The van der Waals surface area contributed by atoms with Crippen molar-refractivity contribution in [1.82, 2.24) is 4.98 Å². The summed E-state index contributed by atoms with van der Waals surface area (Å²) >= 11 is 16.4. The van der Waals surface area contributed by atoms with Crippen LogP contribution in [0, 0.1) is 12.7 Å². The minimum atomic E-state index is -2.16. The monoisotopic (exact) mass is 320 g/mol. The van der Waals surface area contributed by atoms with Crippen LogP contribution in [0.5, 0.6) is 0 Å². The zero-order chi connectivity index (χ0) is 14.2. The van der Waals surface area contributed by atoms with E-state index in [9.17, 15) is 9.18 Å². The molecule has 0 bridgehead atoms. The molecule has 0 aliphatic carbocycles. The Labute approximate surface area is 123 Å². The zero-order valence-corrected chi connectivity index (χ0v) is 11.9. The molecule has 2 rings (SSSR count). The van der Waals surface area contributed by atoms with E-state index in [1.54, 1.807) is 25.3 Å². The van der Waals surface area contributed by atoms with Crippen LogP contribution in [0.1, 0.15) is 5.69 Å². The predicted molar refractivity (Wildman–Crippen MR) is 75.4 cm³/mol.